The maximum atomic E-state index is 13.4. The summed E-state index contributed by atoms with van der Waals surface area (Å²) < 4.78 is 97.9. The first-order valence-electron chi connectivity index (χ1n) is 42.1. The van der Waals surface area contributed by atoms with Crippen molar-refractivity contribution in [1.82, 2.24) is 20.6 Å². The molecule has 4 N–H and O–H groups in total. The third-order valence-corrected chi connectivity index (χ3v) is 18.8. The van der Waals surface area contributed by atoms with Crippen LogP contribution in [0, 0.1) is 13.8 Å². The van der Waals surface area contributed by atoms with Gasteiger partial charge in [0.25, 0.3) is 0 Å². The molecule has 0 unspecified atom stereocenters. The number of benzene rings is 6. The number of aryl methyl sites for hydroxylation is 3. The van der Waals surface area contributed by atoms with Gasteiger partial charge in [0.15, 0.2) is 11.6 Å². The van der Waals surface area contributed by atoms with Crippen LogP contribution in [-0.2, 0) is 87.4 Å². The predicted molar refractivity (Wildman–Crippen MR) is 476 cm³/mol. The molecule has 8 rings (SSSR count). The Labute approximate surface area is 766 Å². The van der Waals surface area contributed by atoms with Gasteiger partial charge in [0.2, 0.25) is 18.1 Å². The minimum absolute atomic E-state index is 0. The summed E-state index contributed by atoms with van der Waals surface area (Å²) in [5.74, 6) is -1.70. The van der Waals surface area contributed by atoms with Gasteiger partial charge in [-0.15, -0.1) is 0 Å². The van der Waals surface area contributed by atoms with E-state index >= 15 is 0 Å². The number of aliphatic carboxylic acids is 1. The first-order valence-corrected chi connectivity index (χ1v) is 42.1. The van der Waals surface area contributed by atoms with E-state index in [4.69, 9.17) is 72.7 Å². The number of fused-ring (bicyclic) bond motifs is 2. The number of pyridine rings is 2. The van der Waals surface area contributed by atoms with Crippen LogP contribution in [0.4, 0.5) is 23.8 Å². The topological polar surface area (TPSA) is 448 Å². The number of ketones is 2. The number of halogens is 3. The average Bonchev–Trinajstić information content (AvgIpc) is 0.789. The first-order chi connectivity index (χ1) is 61.8. The fraction of sp³-hybridized carbons (Fsp3) is 0.462. The number of rotatable bonds is 58. The number of azide groups is 2. The molecule has 698 valence electrons. The summed E-state index contributed by atoms with van der Waals surface area (Å²) in [7, 11) is 1.31. The molecule has 0 aliphatic rings. The van der Waals surface area contributed by atoms with Crippen LogP contribution in [0.3, 0.4) is 0 Å². The Hall–Kier alpha value is -11.5. The van der Waals surface area contributed by atoms with Crippen molar-refractivity contribution in [3.8, 4) is 33.8 Å². The van der Waals surface area contributed by atoms with Crippen LogP contribution in [0.5, 0.6) is 11.5 Å². The molecule has 0 saturated heterocycles. The van der Waals surface area contributed by atoms with Gasteiger partial charge in [0, 0.05) is 95.8 Å². The zero-order valence-corrected chi connectivity index (χ0v) is 74.8. The summed E-state index contributed by atoms with van der Waals surface area (Å²) in [5, 5.41) is 25.7. The number of aldehydes is 1. The zero-order valence-electron chi connectivity index (χ0n) is 74.8. The van der Waals surface area contributed by atoms with Gasteiger partial charge in [-0.1, -0.05) is 119 Å². The number of amides is 3. The van der Waals surface area contributed by atoms with E-state index in [-0.39, 0.29) is 99.5 Å². The van der Waals surface area contributed by atoms with Gasteiger partial charge in [-0.3, -0.25) is 43.4 Å². The number of unbranched alkanes of at least 4 members (excludes halogenated alkanes) is 1. The summed E-state index contributed by atoms with van der Waals surface area (Å²) >= 11 is 0. The van der Waals surface area contributed by atoms with Crippen LogP contribution < -0.4 is 43.9 Å². The number of esters is 1. The fourth-order valence-corrected chi connectivity index (χ4v) is 12.9. The number of methoxy groups -OCH3 is 1. The van der Waals surface area contributed by atoms with Crippen molar-refractivity contribution in [1.29, 1.82) is 0 Å². The largest absolute Gasteiger partial charge is 1.00 e. The summed E-state index contributed by atoms with van der Waals surface area (Å²) in [6.45, 7) is 16.9. The molecule has 0 radical (unpaired) electrons. The van der Waals surface area contributed by atoms with Crippen molar-refractivity contribution in [3.05, 3.63) is 207 Å². The van der Waals surface area contributed by atoms with Crippen LogP contribution in [0.1, 0.15) is 118 Å². The van der Waals surface area contributed by atoms with Crippen LogP contribution in [0.25, 0.3) is 64.7 Å². The normalized spacial score (nSPS) is 11.4. The molecule has 0 aliphatic carbocycles. The second-order valence-corrected chi connectivity index (χ2v) is 30.0. The van der Waals surface area contributed by atoms with E-state index in [1.807, 2.05) is 153 Å². The second kappa shape index (κ2) is 63.5. The first kappa shape index (κ1) is 111. The Bertz CT molecular complexity index is 4880. The predicted octanol–water partition coefficient (Wildman–Crippen LogP) is 12.5. The van der Waals surface area contributed by atoms with Crippen LogP contribution in [0.15, 0.2) is 168 Å². The number of nitrogens with one attached hydrogen (secondary N) is 2. The third kappa shape index (κ3) is 45.2. The van der Waals surface area contributed by atoms with Crippen LogP contribution >= 0.6 is 0 Å². The molecule has 0 spiro atoms. The van der Waals surface area contributed by atoms with Gasteiger partial charge in [-0.2, -0.15) is 13.2 Å². The summed E-state index contributed by atoms with van der Waals surface area (Å²) in [4.78, 5) is 113. The summed E-state index contributed by atoms with van der Waals surface area (Å²) in [6, 6.07) is 46.6. The Balaban J connectivity index is 0.000000508. The van der Waals surface area contributed by atoms with Crippen molar-refractivity contribution in [3.63, 3.8) is 0 Å². The molecule has 37 heteroatoms. The van der Waals surface area contributed by atoms with Crippen molar-refractivity contribution < 1.29 is 138 Å². The summed E-state index contributed by atoms with van der Waals surface area (Å²) in [6.07, 6.45) is -0.178. The smallest absolute Gasteiger partial charge is 0.870 e. The maximum Gasteiger partial charge on any atom is 1.00 e. The van der Waals surface area contributed by atoms with Crippen LogP contribution in [-0.4, -0.2) is 239 Å². The Morgan fingerprint density at radius 3 is 1.32 bits per heavy atom. The van der Waals surface area contributed by atoms with Gasteiger partial charge in [-0.05, 0) is 163 Å². The summed E-state index contributed by atoms with van der Waals surface area (Å²) in [5.41, 5.74) is 24.0. The second-order valence-electron chi connectivity index (χ2n) is 30.0. The molecule has 130 heavy (non-hydrogen) atoms. The number of nitrogens with zero attached hydrogens (tertiary/aromatic N) is 9. The van der Waals surface area contributed by atoms with Crippen molar-refractivity contribution in [2.75, 3.05) is 164 Å². The Morgan fingerprint density at radius 1 is 0.508 bits per heavy atom. The molecule has 6 aromatic carbocycles. The molecule has 3 amide bonds. The van der Waals surface area contributed by atoms with Crippen molar-refractivity contribution >= 4 is 75.1 Å². The number of anilines is 1. The standard InChI is InChI=1S/C48H62N6O11.C43H53N5O9.C2HF3O.Li.H2O/c1-35-17-18-50-44(30-35)54(47(58)65-48(2,3)4)20-9-16-45(56)51-34-39(55)32-38(33-46(57)59-5)36-10-6-11-37(31-36)40-12-7-14-42-41(40)13-8-15-43(42)64-29-28-63-27-26-62-25-24-61-23-22-60-21-19-52-53-49;1-32-15-16-45-36(27-32)9-2-3-14-42(50)46-31-37(49)29-35(30-43(51)52)33-7-4-8-34(28-33)38-10-5-12-40-39(38)11-6-13-41(40)57-26-25-56-24-23-55-22-21-54-20-19-53-18-17-47-48-44;3-2(4,5)1-6;;/h6-8,10-15,17-18,30-31,38H,9,16,19-29,32-34H2,1-5H3,(H,51,56);4-8,10-13,15-16,27-28,35H,2-3,9,14,17-26,29-31H2,1H3,(H,46,50)(H,51,52);1H;;1H2/q;;;+1;/p-1/t38-;35-;;;/m00.../s1. The number of alkyl halides is 3. The zero-order chi connectivity index (χ0) is 92.6. The molecular formula is C93H117F3LiN11O22. The number of ether oxygens (including phenoxy) is 12. The van der Waals surface area contributed by atoms with E-state index in [1.54, 1.807) is 39.2 Å². The molecule has 0 saturated carbocycles. The van der Waals surface area contributed by atoms with E-state index in [0.29, 0.717) is 169 Å². The number of hydrogen-bond donors (Lipinski definition) is 3. The molecule has 2 atom stereocenters. The Morgan fingerprint density at radius 2 is 0.908 bits per heavy atom. The molecule has 2 aromatic heterocycles. The van der Waals surface area contributed by atoms with E-state index in [1.165, 1.54) is 12.0 Å². The molecule has 33 nitrogen and oxygen atoms in total. The Kier molecular flexibility index (Phi) is 54.2. The van der Waals surface area contributed by atoms with Gasteiger partial charge >= 0.3 is 43.1 Å². The molecule has 0 aliphatic heterocycles. The molecule has 0 fully saturated rings. The number of hydrogen-bond acceptors (Lipinski definition) is 25. The monoisotopic (exact) mass is 1800 g/mol. The molecule has 2 heterocycles. The quantitative estimate of drug-likeness (QED) is 0.00606. The SMILES string of the molecule is COC(=O)C[C@H](CC(=O)CNC(=O)CCCN(C(=O)OC(C)(C)C)c1cc(C)ccn1)c1cccc(-c2cccc3c(OCCOCCOCCOCCOCCN=[N+]=[N-])cccc23)c1.Cc1ccnc(CCCCC(=O)NCC(=O)C[C@@H](CC(=O)O)c2cccc(-c3cccc4c(OCCOCCOCCOCCOCCN=[N+]=[N-])cccc34)c2)c1.O=CC(F)(F)F.[Li+].[OH-]. The van der Waals surface area contributed by atoms with E-state index in [0.717, 1.165) is 84.6 Å². The molecule has 0 bridgehead atoms. The van der Waals surface area contributed by atoms with Gasteiger partial charge in [-0.25, -0.2) is 9.78 Å². The molecular weight excluding hydrogens is 1690 g/mol. The van der Waals surface area contributed by atoms with E-state index < -0.39 is 47.9 Å². The number of carbonyl (C=O) groups is 8. The third-order valence-electron chi connectivity index (χ3n) is 18.8. The fourth-order valence-electron chi connectivity index (χ4n) is 12.9. The average molecular weight is 1800 g/mol. The van der Waals surface area contributed by atoms with Crippen molar-refractivity contribution in [2.24, 2.45) is 10.2 Å². The maximum absolute atomic E-state index is 13.4. The van der Waals surface area contributed by atoms with Crippen molar-refractivity contribution in [2.45, 2.75) is 122 Å². The van der Waals surface area contributed by atoms with E-state index in [9.17, 15) is 51.8 Å². The van der Waals surface area contributed by atoms with Gasteiger partial charge in [0.05, 0.1) is 139 Å². The van der Waals surface area contributed by atoms with Gasteiger partial charge < -0.3 is 78.1 Å². The number of carbonyl (C=O) groups excluding carboxylic acids is 7. The van der Waals surface area contributed by atoms with E-state index in [2.05, 4.69) is 40.7 Å². The number of Topliss-reactive ketones (excluding diaryl/α,β-unsaturated/α-hetero) is 2. The van der Waals surface area contributed by atoms with Gasteiger partial charge in [0.1, 0.15) is 36.1 Å². The molecule has 8 aromatic rings. The minimum atomic E-state index is -4.64. The van der Waals surface area contributed by atoms with Crippen LogP contribution in [0.2, 0.25) is 0 Å². The number of carboxylic acids is 1. The number of aromatic nitrogens is 2. The number of carboxylic acid groups (broad SMARTS) is 1. The minimum Gasteiger partial charge on any atom is -0.870 e.